The third-order valence-corrected chi connectivity index (χ3v) is 5.87. The fourth-order valence-corrected chi connectivity index (χ4v) is 4.15. The number of hydrogen-bond donors (Lipinski definition) is 1. The average Bonchev–Trinajstić information content (AvgIpc) is 3.48. The summed E-state index contributed by atoms with van der Waals surface area (Å²) in [6.45, 7) is 1.95. The van der Waals surface area contributed by atoms with Crippen molar-refractivity contribution in [3.8, 4) is 11.4 Å². The number of thiazole rings is 1. The molecule has 0 unspecified atom stereocenters. The molecular formula is C21H17F3N6O2S. The van der Waals surface area contributed by atoms with Crippen LogP contribution in [0, 0.1) is 0 Å². The third-order valence-electron chi connectivity index (χ3n) is 5.19. The molecule has 3 aromatic heterocycles. The van der Waals surface area contributed by atoms with Crippen LogP contribution in [0.3, 0.4) is 0 Å². The highest BCUT2D eigenvalue weighted by atomic mass is 32.1. The van der Waals surface area contributed by atoms with E-state index >= 15 is 0 Å². The normalized spacial score (nSPS) is 14.6. The summed E-state index contributed by atoms with van der Waals surface area (Å²) in [7, 11) is 0. The first kappa shape index (κ1) is 21.3. The van der Waals surface area contributed by atoms with Crippen LogP contribution in [0.15, 0.2) is 48.1 Å². The predicted molar refractivity (Wildman–Crippen MR) is 117 cm³/mol. The van der Waals surface area contributed by atoms with Gasteiger partial charge in [-0.1, -0.05) is 0 Å². The lowest BCUT2D eigenvalue weighted by atomic mass is 10.0. The first-order chi connectivity index (χ1) is 15.9. The van der Waals surface area contributed by atoms with Gasteiger partial charge < -0.3 is 9.64 Å². The van der Waals surface area contributed by atoms with Crippen molar-refractivity contribution in [1.29, 1.82) is 0 Å². The van der Waals surface area contributed by atoms with Gasteiger partial charge in [0.1, 0.15) is 0 Å². The average molecular weight is 474 g/mol. The van der Waals surface area contributed by atoms with Crippen LogP contribution < -0.4 is 10.2 Å². The number of rotatable bonds is 4. The summed E-state index contributed by atoms with van der Waals surface area (Å²) in [6, 6.07) is 7.22. The maximum atomic E-state index is 14.0. The van der Waals surface area contributed by atoms with E-state index in [1.54, 1.807) is 23.7 Å². The molecule has 8 nitrogen and oxygen atoms in total. The number of fused-ring (bicyclic) bond motifs is 1. The predicted octanol–water partition coefficient (Wildman–Crippen LogP) is 3.96. The Balaban J connectivity index is 1.55. The molecule has 1 amide bonds. The number of amides is 1. The molecule has 12 heteroatoms. The van der Waals surface area contributed by atoms with Gasteiger partial charge in [-0.25, -0.2) is 14.5 Å². The Labute approximate surface area is 189 Å². The molecular weight excluding hydrogens is 457 g/mol. The van der Waals surface area contributed by atoms with E-state index in [0.717, 1.165) is 6.07 Å². The van der Waals surface area contributed by atoms with Crippen molar-refractivity contribution < 1.29 is 22.7 Å². The minimum absolute atomic E-state index is 0.120. The Morgan fingerprint density at radius 2 is 2.00 bits per heavy atom. The first-order valence-electron chi connectivity index (χ1n) is 10.0. The fraction of sp³-hybridized carbons (Fsp3) is 0.238. The van der Waals surface area contributed by atoms with Crippen LogP contribution in [0.4, 0.5) is 24.0 Å². The molecule has 0 bridgehead atoms. The van der Waals surface area contributed by atoms with Crippen LogP contribution in [0.25, 0.3) is 17.0 Å². The van der Waals surface area contributed by atoms with Crippen molar-refractivity contribution >= 4 is 33.7 Å². The molecule has 1 aromatic carbocycles. The molecule has 33 heavy (non-hydrogen) atoms. The zero-order chi connectivity index (χ0) is 23.0. The van der Waals surface area contributed by atoms with Crippen molar-refractivity contribution in [2.24, 2.45) is 0 Å². The zero-order valence-electron chi connectivity index (χ0n) is 17.0. The number of nitrogens with one attached hydrogen (secondary N) is 1. The highest BCUT2D eigenvalue weighted by Gasteiger charge is 2.36. The van der Waals surface area contributed by atoms with Crippen molar-refractivity contribution in [1.82, 2.24) is 19.6 Å². The van der Waals surface area contributed by atoms with E-state index in [2.05, 4.69) is 20.4 Å². The smallest absolute Gasteiger partial charge is 0.378 e. The summed E-state index contributed by atoms with van der Waals surface area (Å²) in [4.78, 5) is 22.8. The fourth-order valence-electron chi connectivity index (χ4n) is 3.63. The molecule has 0 radical (unpaired) electrons. The Morgan fingerprint density at radius 3 is 2.73 bits per heavy atom. The Hall–Kier alpha value is -3.51. The molecule has 4 heterocycles. The van der Waals surface area contributed by atoms with E-state index in [9.17, 15) is 18.0 Å². The van der Waals surface area contributed by atoms with Gasteiger partial charge in [-0.3, -0.25) is 10.1 Å². The molecule has 4 aromatic rings. The monoisotopic (exact) mass is 474 g/mol. The van der Waals surface area contributed by atoms with Crippen molar-refractivity contribution in [3.05, 3.63) is 59.2 Å². The Kier molecular flexibility index (Phi) is 5.46. The number of morpholine rings is 1. The zero-order valence-corrected chi connectivity index (χ0v) is 17.9. The molecule has 1 aliphatic heterocycles. The highest BCUT2D eigenvalue weighted by molar-refractivity contribution is 7.13. The minimum atomic E-state index is -4.61. The highest BCUT2D eigenvalue weighted by Crippen LogP contribution is 2.38. The number of carbonyl (C=O) groups is 1. The van der Waals surface area contributed by atoms with Gasteiger partial charge in [0.05, 0.1) is 24.3 Å². The van der Waals surface area contributed by atoms with E-state index in [1.807, 2.05) is 4.90 Å². The largest absolute Gasteiger partial charge is 0.417 e. The molecule has 1 N–H and O–H groups in total. The standard InChI is InChI=1S/C21H17F3N6O2S/c22-21(23,24)16-12-13(29-7-9-32-10-8-29)3-4-14(16)17-26-18-15(2-1-6-30(18)28-17)19(31)27-20-25-5-11-33-20/h1-6,11-12H,7-10H2,(H,25,27,31). The van der Waals surface area contributed by atoms with E-state index in [1.165, 1.54) is 34.2 Å². The number of ether oxygens (including phenoxy) is 1. The topological polar surface area (TPSA) is 84.7 Å². The quantitative estimate of drug-likeness (QED) is 0.482. The van der Waals surface area contributed by atoms with Gasteiger partial charge in [-0.05, 0) is 30.3 Å². The lowest BCUT2D eigenvalue weighted by Gasteiger charge is -2.29. The maximum absolute atomic E-state index is 14.0. The molecule has 0 saturated carbocycles. The summed E-state index contributed by atoms with van der Waals surface area (Å²) in [5.74, 6) is -0.599. The number of alkyl halides is 3. The molecule has 1 saturated heterocycles. The summed E-state index contributed by atoms with van der Waals surface area (Å²) in [5, 5.41) is 8.98. The number of benzene rings is 1. The summed E-state index contributed by atoms with van der Waals surface area (Å²) in [5.41, 5.74) is -0.218. The number of anilines is 2. The number of nitrogens with zero attached hydrogens (tertiary/aromatic N) is 5. The lowest BCUT2D eigenvalue weighted by Crippen LogP contribution is -2.36. The van der Waals surface area contributed by atoms with Crippen LogP contribution in [-0.2, 0) is 10.9 Å². The second-order valence-electron chi connectivity index (χ2n) is 7.24. The number of aromatic nitrogens is 4. The van der Waals surface area contributed by atoms with Crippen LogP contribution in [0.5, 0.6) is 0 Å². The molecule has 0 aliphatic carbocycles. The van der Waals surface area contributed by atoms with Crippen LogP contribution in [-0.4, -0.2) is 51.8 Å². The van der Waals surface area contributed by atoms with Crippen molar-refractivity contribution in [3.63, 3.8) is 0 Å². The van der Waals surface area contributed by atoms with Gasteiger partial charge in [0.25, 0.3) is 5.91 Å². The van der Waals surface area contributed by atoms with Gasteiger partial charge in [0.2, 0.25) is 0 Å². The molecule has 170 valence electrons. The molecule has 0 atom stereocenters. The summed E-state index contributed by atoms with van der Waals surface area (Å²) < 4.78 is 48.5. The number of carbonyl (C=O) groups excluding carboxylic acids is 1. The molecule has 1 aliphatic rings. The van der Waals surface area contributed by atoms with Crippen molar-refractivity contribution in [2.75, 3.05) is 36.5 Å². The number of pyridine rings is 1. The molecule has 1 fully saturated rings. The van der Waals surface area contributed by atoms with Gasteiger partial charge >= 0.3 is 6.18 Å². The molecule has 5 rings (SSSR count). The third kappa shape index (κ3) is 4.26. The molecule has 0 spiro atoms. The van der Waals surface area contributed by atoms with Crippen molar-refractivity contribution in [2.45, 2.75) is 6.18 Å². The second-order valence-corrected chi connectivity index (χ2v) is 8.14. The SMILES string of the molecule is O=C(Nc1nccs1)c1cccn2nc(-c3ccc(N4CCOCC4)cc3C(F)(F)F)nc12. The lowest BCUT2D eigenvalue weighted by molar-refractivity contribution is -0.137. The maximum Gasteiger partial charge on any atom is 0.417 e. The number of hydrogen-bond acceptors (Lipinski definition) is 7. The van der Waals surface area contributed by atoms with E-state index in [4.69, 9.17) is 4.74 Å². The van der Waals surface area contributed by atoms with Crippen LogP contribution in [0.1, 0.15) is 15.9 Å². The summed E-state index contributed by atoms with van der Waals surface area (Å²) in [6.07, 6.45) is -1.53. The first-order valence-corrected chi connectivity index (χ1v) is 10.9. The van der Waals surface area contributed by atoms with Gasteiger partial charge in [-0.15, -0.1) is 16.4 Å². The summed E-state index contributed by atoms with van der Waals surface area (Å²) >= 11 is 1.25. The van der Waals surface area contributed by atoms with Gasteiger partial charge in [0, 0.05) is 42.1 Å². The second kappa shape index (κ2) is 8.45. The van der Waals surface area contributed by atoms with Gasteiger partial charge in [-0.2, -0.15) is 13.2 Å². The van der Waals surface area contributed by atoms with Crippen LogP contribution in [0.2, 0.25) is 0 Å². The Bertz CT molecular complexity index is 1300. The van der Waals surface area contributed by atoms with E-state index in [-0.39, 0.29) is 22.6 Å². The minimum Gasteiger partial charge on any atom is -0.378 e. The van der Waals surface area contributed by atoms with E-state index < -0.39 is 17.6 Å². The van der Waals surface area contributed by atoms with E-state index in [0.29, 0.717) is 37.1 Å². The number of halogens is 3. The van der Waals surface area contributed by atoms with Gasteiger partial charge in [0.15, 0.2) is 16.6 Å². The Morgan fingerprint density at radius 1 is 1.18 bits per heavy atom. The van der Waals surface area contributed by atoms with Crippen LogP contribution >= 0.6 is 11.3 Å².